The van der Waals surface area contributed by atoms with Gasteiger partial charge >= 0.3 is 5.97 Å². The van der Waals surface area contributed by atoms with Crippen LogP contribution in [0.25, 0.3) is 0 Å². The molecule has 0 aromatic heterocycles. The number of carboxylic acids is 1. The van der Waals surface area contributed by atoms with Gasteiger partial charge in [-0.3, -0.25) is 9.69 Å². The Balaban J connectivity index is 2.60. The maximum Gasteiger partial charge on any atom is 0.322 e. The summed E-state index contributed by atoms with van der Waals surface area (Å²) in [5.74, 6) is 0.179. The molecule has 1 unspecified atom stereocenters. The molecule has 4 nitrogen and oxygen atoms in total. The lowest BCUT2D eigenvalue weighted by Gasteiger charge is -2.26. The average Bonchev–Trinajstić information content (AvgIpc) is 2.28. The number of carboxylic acid groups (broad SMARTS) is 1. The van der Waals surface area contributed by atoms with Crippen molar-refractivity contribution in [3.8, 4) is 0 Å². The molecule has 15 heavy (non-hydrogen) atoms. The van der Waals surface area contributed by atoms with Crippen molar-refractivity contribution in [2.75, 3.05) is 25.4 Å². The van der Waals surface area contributed by atoms with Crippen molar-refractivity contribution < 1.29 is 9.90 Å². The molecule has 5 heteroatoms. The molecule has 1 heterocycles. The fourth-order valence-corrected chi connectivity index (χ4v) is 2.87. The van der Waals surface area contributed by atoms with E-state index in [1.165, 1.54) is 0 Å². The molecule has 0 aliphatic carbocycles. The van der Waals surface area contributed by atoms with Crippen molar-refractivity contribution >= 4 is 17.7 Å². The lowest BCUT2D eigenvalue weighted by atomic mass is 10.1. The summed E-state index contributed by atoms with van der Waals surface area (Å²) >= 11 is 1.91. The Morgan fingerprint density at radius 1 is 1.60 bits per heavy atom. The first-order valence-corrected chi connectivity index (χ1v) is 6.26. The minimum Gasteiger partial charge on any atom is -0.480 e. The van der Waals surface area contributed by atoms with Gasteiger partial charge < -0.3 is 10.8 Å². The summed E-state index contributed by atoms with van der Waals surface area (Å²) < 4.78 is 0.256. The van der Waals surface area contributed by atoms with E-state index in [1.807, 2.05) is 16.7 Å². The highest BCUT2D eigenvalue weighted by molar-refractivity contribution is 8.00. The maximum atomic E-state index is 11.0. The second-order valence-corrected chi connectivity index (χ2v) is 6.29. The number of nitrogens with zero attached hydrogens (tertiary/aromatic N) is 1. The standard InChI is InChI=1S/C10H20N2O2S/c1-10(2)3-4-12(5-6-15-10)8(7-11)9(13)14/h8H,3-7,11H2,1-2H3,(H,13,14). The van der Waals surface area contributed by atoms with Crippen LogP contribution in [0.15, 0.2) is 0 Å². The Hall–Kier alpha value is -0.260. The zero-order valence-electron chi connectivity index (χ0n) is 9.40. The number of hydrogen-bond donors (Lipinski definition) is 2. The molecule has 1 aliphatic rings. The molecule has 0 amide bonds. The number of nitrogens with two attached hydrogens (primary N) is 1. The van der Waals surface area contributed by atoms with Gasteiger partial charge in [0.1, 0.15) is 6.04 Å². The van der Waals surface area contributed by atoms with Crippen molar-refractivity contribution in [2.45, 2.75) is 31.1 Å². The van der Waals surface area contributed by atoms with Gasteiger partial charge in [-0.1, -0.05) is 13.8 Å². The lowest BCUT2D eigenvalue weighted by Crippen LogP contribution is -2.47. The SMILES string of the molecule is CC1(C)CCN(C(CN)C(=O)O)CCS1. The molecule has 0 bridgehead atoms. The molecule has 0 spiro atoms. The van der Waals surface area contributed by atoms with Crippen LogP contribution in [-0.2, 0) is 4.79 Å². The fraction of sp³-hybridized carbons (Fsp3) is 0.900. The number of thioether (sulfide) groups is 1. The van der Waals surface area contributed by atoms with E-state index in [2.05, 4.69) is 13.8 Å². The van der Waals surface area contributed by atoms with Gasteiger partial charge in [0, 0.05) is 30.1 Å². The van der Waals surface area contributed by atoms with E-state index in [4.69, 9.17) is 10.8 Å². The van der Waals surface area contributed by atoms with Crippen molar-refractivity contribution in [2.24, 2.45) is 5.73 Å². The summed E-state index contributed by atoms with van der Waals surface area (Å²) in [6, 6.07) is -0.514. The van der Waals surface area contributed by atoms with Crippen LogP contribution in [-0.4, -0.2) is 52.2 Å². The zero-order valence-corrected chi connectivity index (χ0v) is 10.2. The number of aliphatic carboxylic acids is 1. The molecule has 1 saturated heterocycles. The molecule has 1 fully saturated rings. The molecule has 3 N–H and O–H groups in total. The topological polar surface area (TPSA) is 66.6 Å². The molecular weight excluding hydrogens is 212 g/mol. The molecule has 0 aromatic rings. The van der Waals surface area contributed by atoms with Gasteiger partial charge in [0.05, 0.1) is 0 Å². The summed E-state index contributed by atoms with van der Waals surface area (Å²) in [6.07, 6.45) is 1.02. The highest BCUT2D eigenvalue weighted by Gasteiger charge is 2.29. The molecule has 1 atom stereocenters. The monoisotopic (exact) mass is 232 g/mol. The molecule has 0 saturated carbocycles. The Bertz CT molecular complexity index is 233. The van der Waals surface area contributed by atoms with Crippen molar-refractivity contribution in [3.05, 3.63) is 0 Å². The molecule has 88 valence electrons. The van der Waals surface area contributed by atoms with Gasteiger partial charge in [-0.05, 0) is 6.42 Å². The third-order valence-electron chi connectivity index (χ3n) is 2.82. The molecule has 0 aromatic carbocycles. The van der Waals surface area contributed by atoms with Crippen LogP contribution in [0.2, 0.25) is 0 Å². The van der Waals surface area contributed by atoms with Crippen LogP contribution < -0.4 is 5.73 Å². The van der Waals surface area contributed by atoms with E-state index in [1.54, 1.807) is 0 Å². The van der Waals surface area contributed by atoms with Crippen LogP contribution in [0.1, 0.15) is 20.3 Å². The van der Waals surface area contributed by atoms with Crippen molar-refractivity contribution in [1.82, 2.24) is 4.90 Å². The summed E-state index contributed by atoms with van der Waals surface area (Å²) in [4.78, 5) is 13.0. The van der Waals surface area contributed by atoms with Gasteiger partial charge in [0.2, 0.25) is 0 Å². The van der Waals surface area contributed by atoms with E-state index < -0.39 is 12.0 Å². The normalized spacial score (nSPS) is 24.5. The summed E-state index contributed by atoms with van der Waals surface area (Å²) in [6.45, 7) is 6.26. The minimum atomic E-state index is -0.804. The number of hydrogen-bond acceptors (Lipinski definition) is 4. The van der Waals surface area contributed by atoms with E-state index in [0.717, 1.165) is 25.3 Å². The summed E-state index contributed by atoms with van der Waals surface area (Å²) in [5.41, 5.74) is 5.49. The van der Waals surface area contributed by atoms with E-state index >= 15 is 0 Å². The smallest absolute Gasteiger partial charge is 0.322 e. The average molecular weight is 232 g/mol. The van der Waals surface area contributed by atoms with Gasteiger partial charge in [-0.15, -0.1) is 0 Å². The van der Waals surface area contributed by atoms with Crippen molar-refractivity contribution in [3.63, 3.8) is 0 Å². The molecule has 1 aliphatic heterocycles. The Kier molecular flexibility index (Phi) is 4.43. The number of rotatable bonds is 3. The van der Waals surface area contributed by atoms with E-state index in [9.17, 15) is 4.79 Å². The predicted octanol–water partition coefficient (Wildman–Crippen LogP) is 0.616. The summed E-state index contributed by atoms with van der Waals surface area (Å²) in [5, 5.41) is 9.02. The van der Waals surface area contributed by atoms with Crippen LogP contribution in [0, 0.1) is 0 Å². The third-order valence-corrected chi connectivity index (χ3v) is 4.19. The van der Waals surface area contributed by atoms with Crippen LogP contribution in [0.5, 0.6) is 0 Å². The lowest BCUT2D eigenvalue weighted by molar-refractivity contribution is -0.142. The van der Waals surface area contributed by atoms with Gasteiger partial charge in [0.25, 0.3) is 0 Å². The largest absolute Gasteiger partial charge is 0.480 e. The molecular formula is C10H20N2O2S. The zero-order chi connectivity index (χ0) is 11.5. The van der Waals surface area contributed by atoms with Crippen molar-refractivity contribution in [1.29, 1.82) is 0 Å². The van der Waals surface area contributed by atoms with E-state index in [-0.39, 0.29) is 11.3 Å². The van der Waals surface area contributed by atoms with Crippen LogP contribution >= 0.6 is 11.8 Å². The summed E-state index contributed by atoms with van der Waals surface area (Å²) in [7, 11) is 0. The van der Waals surface area contributed by atoms with Gasteiger partial charge in [-0.2, -0.15) is 11.8 Å². The highest BCUT2D eigenvalue weighted by atomic mass is 32.2. The fourth-order valence-electron chi connectivity index (χ4n) is 1.75. The third kappa shape index (κ3) is 3.66. The van der Waals surface area contributed by atoms with Gasteiger partial charge in [-0.25, -0.2) is 0 Å². The minimum absolute atomic E-state index is 0.195. The maximum absolute atomic E-state index is 11.0. The van der Waals surface area contributed by atoms with E-state index in [0.29, 0.717) is 0 Å². The first-order chi connectivity index (χ1) is 6.96. The van der Waals surface area contributed by atoms with Crippen LogP contribution in [0.3, 0.4) is 0 Å². The second kappa shape index (κ2) is 5.18. The Labute approximate surface area is 95.2 Å². The predicted molar refractivity (Wildman–Crippen MR) is 63.2 cm³/mol. The number of carbonyl (C=O) groups is 1. The second-order valence-electron chi connectivity index (χ2n) is 4.48. The highest BCUT2D eigenvalue weighted by Crippen LogP contribution is 2.31. The quantitative estimate of drug-likeness (QED) is 0.746. The Morgan fingerprint density at radius 2 is 2.27 bits per heavy atom. The first kappa shape index (κ1) is 12.8. The molecule has 1 rings (SSSR count). The van der Waals surface area contributed by atoms with Gasteiger partial charge in [0.15, 0.2) is 0 Å². The Morgan fingerprint density at radius 3 is 2.80 bits per heavy atom. The van der Waals surface area contributed by atoms with Crippen LogP contribution in [0.4, 0.5) is 0 Å². The molecule has 0 radical (unpaired) electrons. The first-order valence-electron chi connectivity index (χ1n) is 5.27.